The third kappa shape index (κ3) is 5.32. The number of hydrogen-bond donors (Lipinski definition) is 6. The van der Waals surface area contributed by atoms with E-state index in [1.54, 1.807) is 36.2 Å². The number of carbonyl (C=O) groups is 1. The van der Waals surface area contributed by atoms with E-state index in [1.807, 2.05) is 24.8 Å². The van der Waals surface area contributed by atoms with Crippen molar-refractivity contribution in [1.82, 2.24) is 14.8 Å². The molecule has 0 radical (unpaired) electrons. The number of fused-ring (bicyclic) bond motifs is 2. The second-order valence-corrected chi connectivity index (χ2v) is 11.0. The number of nitrogens with one attached hydrogen (secondary N) is 4. The maximum atomic E-state index is 16.8. The number of amides is 1. The Morgan fingerprint density at radius 2 is 2.05 bits per heavy atom. The summed E-state index contributed by atoms with van der Waals surface area (Å²) in [5.74, 6) is -0.598. The average Bonchev–Trinajstić information content (AvgIpc) is 2.98. The number of aliphatic hydroxyl groups is 1. The van der Waals surface area contributed by atoms with Crippen LogP contribution in [0.1, 0.15) is 47.4 Å². The molecule has 0 spiro atoms. The van der Waals surface area contributed by atoms with Gasteiger partial charge in [0.2, 0.25) is 5.91 Å². The molecule has 11 heteroatoms. The highest BCUT2D eigenvalue weighted by Crippen LogP contribution is 2.43. The first-order valence-electron chi connectivity index (χ1n) is 14.2. The molecule has 3 heterocycles. The molecule has 224 valence electrons. The van der Waals surface area contributed by atoms with E-state index in [0.717, 1.165) is 17.3 Å². The zero-order chi connectivity index (χ0) is 31.0. The van der Waals surface area contributed by atoms with Crippen LogP contribution in [0, 0.1) is 30.5 Å². The number of amidine groups is 1. The summed E-state index contributed by atoms with van der Waals surface area (Å²) < 4.78 is 16.8. The molecule has 2 unspecified atom stereocenters. The van der Waals surface area contributed by atoms with Crippen molar-refractivity contribution < 1.29 is 14.3 Å². The Balaban J connectivity index is 1.74. The Morgan fingerprint density at radius 3 is 2.74 bits per heavy atom. The molecule has 0 aliphatic carbocycles. The lowest BCUT2D eigenvalue weighted by Crippen LogP contribution is -2.57. The van der Waals surface area contributed by atoms with Crippen LogP contribution in [0.15, 0.2) is 43.1 Å². The number of rotatable bonds is 6. The number of aromatic nitrogens is 1. The molecule has 3 aromatic rings. The number of pyridine rings is 1. The summed E-state index contributed by atoms with van der Waals surface area (Å²) in [6, 6.07) is 6.79. The Labute approximate surface area is 250 Å². The SMILES string of the molecule is C=CC(=O)N1CCN2C(=N)c3c(Nc4c(C)ccnc4C(C)O)cc(-c4c(C)ccc(N)c4C=N)c(F)c3NCCC2C1. The first-order valence-corrected chi connectivity index (χ1v) is 14.2. The van der Waals surface area contributed by atoms with Crippen LogP contribution in [0.3, 0.4) is 0 Å². The van der Waals surface area contributed by atoms with Crippen LogP contribution >= 0.6 is 0 Å². The summed E-state index contributed by atoms with van der Waals surface area (Å²) in [5, 5.41) is 34.7. The quantitative estimate of drug-likeness (QED) is 0.139. The zero-order valence-corrected chi connectivity index (χ0v) is 24.6. The molecular weight excluding hydrogens is 547 g/mol. The van der Waals surface area contributed by atoms with E-state index < -0.39 is 11.9 Å². The van der Waals surface area contributed by atoms with Gasteiger partial charge in [-0.2, -0.15) is 0 Å². The van der Waals surface area contributed by atoms with E-state index in [4.69, 9.17) is 11.1 Å². The topological polar surface area (TPSA) is 154 Å². The Hall–Kier alpha value is -4.77. The van der Waals surface area contributed by atoms with Crippen molar-refractivity contribution in [1.29, 1.82) is 10.8 Å². The fourth-order valence-electron chi connectivity index (χ4n) is 6.04. The van der Waals surface area contributed by atoms with Gasteiger partial charge in [-0.15, -0.1) is 0 Å². The van der Waals surface area contributed by atoms with Gasteiger partial charge in [-0.05, 0) is 68.2 Å². The van der Waals surface area contributed by atoms with Crippen LogP contribution in [0.2, 0.25) is 0 Å². The van der Waals surface area contributed by atoms with Crippen LogP contribution in [-0.4, -0.2) is 70.1 Å². The molecule has 7 N–H and O–H groups in total. The molecule has 1 saturated heterocycles. The second kappa shape index (κ2) is 11.8. The predicted molar refractivity (Wildman–Crippen MR) is 169 cm³/mol. The van der Waals surface area contributed by atoms with Crippen LogP contribution < -0.4 is 16.4 Å². The zero-order valence-electron chi connectivity index (χ0n) is 24.6. The van der Waals surface area contributed by atoms with Crippen molar-refractivity contribution >= 4 is 40.7 Å². The van der Waals surface area contributed by atoms with Crippen molar-refractivity contribution in [3.8, 4) is 11.1 Å². The number of aliphatic hydroxyl groups excluding tert-OH is 1. The highest BCUT2D eigenvalue weighted by molar-refractivity contribution is 6.10. The lowest BCUT2D eigenvalue weighted by Gasteiger charge is -2.44. The van der Waals surface area contributed by atoms with E-state index in [1.165, 1.54) is 6.08 Å². The fraction of sp³-hybridized carbons (Fsp3) is 0.312. The molecule has 1 aromatic heterocycles. The minimum Gasteiger partial charge on any atom is -0.398 e. The number of halogens is 1. The molecule has 0 saturated carbocycles. The largest absolute Gasteiger partial charge is 0.398 e. The molecule has 5 rings (SSSR count). The third-order valence-corrected chi connectivity index (χ3v) is 8.28. The Kier molecular flexibility index (Phi) is 8.19. The van der Waals surface area contributed by atoms with Gasteiger partial charge in [-0.1, -0.05) is 12.6 Å². The summed E-state index contributed by atoms with van der Waals surface area (Å²) in [6.07, 6.45) is 3.73. The maximum Gasteiger partial charge on any atom is 0.246 e. The fourth-order valence-corrected chi connectivity index (χ4v) is 6.04. The Morgan fingerprint density at radius 1 is 1.28 bits per heavy atom. The Bertz CT molecular complexity index is 1640. The highest BCUT2D eigenvalue weighted by atomic mass is 19.1. The number of nitrogens with zero attached hydrogens (tertiary/aromatic N) is 3. The van der Waals surface area contributed by atoms with Gasteiger partial charge in [0, 0.05) is 61.4 Å². The van der Waals surface area contributed by atoms with Crippen LogP contribution in [0.4, 0.5) is 27.1 Å². The minimum absolute atomic E-state index is 0.113. The van der Waals surface area contributed by atoms with Gasteiger partial charge in [-0.25, -0.2) is 4.39 Å². The van der Waals surface area contributed by atoms with Crippen LogP contribution in [0.5, 0.6) is 0 Å². The van der Waals surface area contributed by atoms with Crippen molar-refractivity contribution in [3.05, 3.63) is 76.9 Å². The number of anilines is 4. The van der Waals surface area contributed by atoms with Gasteiger partial charge in [0.25, 0.3) is 0 Å². The number of carbonyl (C=O) groups excluding carboxylic acids is 1. The average molecular weight is 585 g/mol. The van der Waals surface area contributed by atoms with E-state index in [0.29, 0.717) is 72.0 Å². The molecule has 2 atom stereocenters. The second-order valence-electron chi connectivity index (χ2n) is 11.0. The van der Waals surface area contributed by atoms with E-state index in [-0.39, 0.29) is 29.0 Å². The molecule has 1 fully saturated rings. The standard InChI is InChI=1S/C32H37FN8O2/c1-5-25(43)40-12-13-41-20(16-40)9-11-38-31-27(32(41)36)24(39-29-18(3)8-10-37-30(29)19(4)42)14-21(28(31)33)26-17(2)6-7-23(35)22(26)15-34/h5-8,10,14-15,19-20,34,36,38-39,42H,1,9,11-13,16,35H2,2-4H3. The molecule has 10 nitrogen and oxygen atoms in total. The van der Waals surface area contributed by atoms with E-state index in [9.17, 15) is 15.3 Å². The molecule has 2 aliphatic rings. The summed E-state index contributed by atoms with van der Waals surface area (Å²) >= 11 is 0. The smallest absolute Gasteiger partial charge is 0.246 e. The summed E-state index contributed by atoms with van der Waals surface area (Å²) in [6.45, 7) is 10.6. The van der Waals surface area contributed by atoms with Gasteiger partial charge in [-0.3, -0.25) is 15.2 Å². The lowest BCUT2D eigenvalue weighted by molar-refractivity contribution is -0.128. The van der Waals surface area contributed by atoms with Gasteiger partial charge in [0.1, 0.15) is 5.84 Å². The monoisotopic (exact) mass is 584 g/mol. The lowest BCUT2D eigenvalue weighted by atomic mass is 9.90. The van der Waals surface area contributed by atoms with E-state index >= 15 is 4.39 Å². The highest BCUT2D eigenvalue weighted by Gasteiger charge is 2.35. The van der Waals surface area contributed by atoms with E-state index in [2.05, 4.69) is 22.2 Å². The number of hydrogen-bond acceptors (Lipinski definition) is 8. The third-order valence-electron chi connectivity index (χ3n) is 8.28. The summed E-state index contributed by atoms with van der Waals surface area (Å²) in [5.41, 5.74) is 11.1. The van der Waals surface area contributed by atoms with Crippen molar-refractivity contribution in [2.75, 3.05) is 42.5 Å². The minimum atomic E-state index is -0.887. The van der Waals surface area contributed by atoms with Gasteiger partial charge >= 0.3 is 0 Å². The number of nitrogens with two attached hydrogens (primary N) is 1. The molecule has 0 bridgehead atoms. The maximum absolute atomic E-state index is 16.8. The van der Waals surface area contributed by atoms with Gasteiger partial charge < -0.3 is 36.7 Å². The molecule has 43 heavy (non-hydrogen) atoms. The number of aryl methyl sites for hydroxylation is 2. The van der Waals surface area contributed by atoms with Crippen molar-refractivity contribution in [2.24, 2.45) is 0 Å². The van der Waals surface area contributed by atoms with Crippen LogP contribution in [-0.2, 0) is 4.79 Å². The van der Waals surface area contributed by atoms with Crippen molar-refractivity contribution in [3.63, 3.8) is 0 Å². The first kappa shape index (κ1) is 29.7. The summed E-state index contributed by atoms with van der Waals surface area (Å²) in [7, 11) is 0. The number of piperazine rings is 1. The number of nitrogen functional groups attached to an aromatic ring is 1. The molecule has 2 aliphatic heterocycles. The van der Waals surface area contributed by atoms with Crippen LogP contribution in [0.25, 0.3) is 11.1 Å². The molecular formula is C32H37FN8O2. The normalized spacial score (nSPS) is 17.1. The first-order chi connectivity index (χ1) is 20.6. The summed E-state index contributed by atoms with van der Waals surface area (Å²) in [4.78, 5) is 20.4. The molecule has 2 aromatic carbocycles. The van der Waals surface area contributed by atoms with Gasteiger partial charge in [0.15, 0.2) is 5.82 Å². The van der Waals surface area contributed by atoms with Crippen molar-refractivity contribution in [2.45, 2.75) is 39.3 Å². The number of benzene rings is 2. The predicted octanol–water partition coefficient (Wildman–Crippen LogP) is 4.72. The molecule has 1 amide bonds. The van der Waals surface area contributed by atoms with Gasteiger partial charge in [0.05, 0.1) is 34.4 Å².